The first-order valence-electron chi connectivity index (χ1n) is 5.53. The van der Waals surface area contributed by atoms with Gasteiger partial charge in [-0.05, 0) is 32.1 Å². The second-order valence-corrected chi connectivity index (χ2v) is 6.88. The Hall–Kier alpha value is 0.200. The summed E-state index contributed by atoms with van der Waals surface area (Å²) >= 11 is 5.53. The molecular formula is C10H20ClNO2S. The number of hydrogen-bond donors (Lipinski definition) is 0. The molecule has 90 valence electrons. The van der Waals surface area contributed by atoms with Gasteiger partial charge in [-0.3, -0.25) is 0 Å². The predicted octanol–water partition coefficient (Wildman–Crippen LogP) is 2.07. The predicted molar refractivity (Wildman–Crippen MR) is 63.7 cm³/mol. The largest absolute Gasteiger partial charge is 0.214 e. The molecule has 1 heterocycles. The number of halogens is 1. The van der Waals surface area contributed by atoms with E-state index in [1.807, 2.05) is 6.92 Å². The third-order valence-electron chi connectivity index (χ3n) is 2.95. The van der Waals surface area contributed by atoms with Crippen LogP contribution in [0.3, 0.4) is 0 Å². The van der Waals surface area contributed by atoms with Gasteiger partial charge in [-0.1, -0.05) is 6.92 Å². The average Bonchev–Trinajstić information content (AvgIpc) is 2.18. The summed E-state index contributed by atoms with van der Waals surface area (Å²) in [6, 6.07) is 0.154. The highest BCUT2D eigenvalue weighted by Crippen LogP contribution is 2.24. The van der Waals surface area contributed by atoms with Crippen molar-refractivity contribution in [2.24, 2.45) is 5.92 Å². The molecule has 0 aromatic rings. The van der Waals surface area contributed by atoms with E-state index in [1.165, 1.54) is 0 Å². The Balaban J connectivity index is 2.67. The van der Waals surface area contributed by atoms with Gasteiger partial charge in [0, 0.05) is 18.5 Å². The van der Waals surface area contributed by atoms with Gasteiger partial charge in [0.25, 0.3) is 0 Å². The SMILES string of the molecule is CC1CCC(C)N(S(=O)(=O)CCCCl)C1. The molecule has 1 aliphatic rings. The van der Waals surface area contributed by atoms with Crippen LogP contribution in [0.1, 0.15) is 33.1 Å². The van der Waals surface area contributed by atoms with Crippen LogP contribution in [-0.2, 0) is 10.0 Å². The molecule has 1 fully saturated rings. The van der Waals surface area contributed by atoms with Crippen LogP contribution in [0.5, 0.6) is 0 Å². The van der Waals surface area contributed by atoms with Crippen LogP contribution in [0.25, 0.3) is 0 Å². The Morgan fingerprint density at radius 1 is 1.33 bits per heavy atom. The van der Waals surface area contributed by atoms with Crippen molar-refractivity contribution in [3.8, 4) is 0 Å². The van der Waals surface area contributed by atoms with E-state index in [4.69, 9.17) is 11.6 Å². The van der Waals surface area contributed by atoms with Crippen LogP contribution in [0.4, 0.5) is 0 Å². The summed E-state index contributed by atoms with van der Waals surface area (Å²) in [5.41, 5.74) is 0. The van der Waals surface area contributed by atoms with Crippen LogP contribution in [0.15, 0.2) is 0 Å². The van der Waals surface area contributed by atoms with Gasteiger partial charge in [0.2, 0.25) is 10.0 Å². The van der Waals surface area contributed by atoms with Gasteiger partial charge >= 0.3 is 0 Å². The Labute approximate surface area is 97.8 Å². The fourth-order valence-corrected chi connectivity index (χ4v) is 4.16. The van der Waals surface area contributed by atoms with E-state index in [2.05, 4.69) is 6.92 Å². The van der Waals surface area contributed by atoms with Crippen LogP contribution >= 0.6 is 11.6 Å². The van der Waals surface area contributed by atoms with Crippen LogP contribution in [-0.4, -0.2) is 36.9 Å². The van der Waals surface area contributed by atoms with Crippen molar-refractivity contribution in [1.82, 2.24) is 4.31 Å². The molecule has 15 heavy (non-hydrogen) atoms. The average molecular weight is 254 g/mol. The molecule has 0 radical (unpaired) electrons. The molecule has 0 spiro atoms. The minimum absolute atomic E-state index is 0.154. The number of nitrogens with zero attached hydrogens (tertiary/aromatic N) is 1. The molecule has 0 bridgehead atoms. The zero-order valence-electron chi connectivity index (χ0n) is 9.45. The van der Waals surface area contributed by atoms with Gasteiger partial charge in [-0.25, -0.2) is 8.42 Å². The molecular weight excluding hydrogens is 234 g/mol. The summed E-state index contributed by atoms with van der Waals surface area (Å²) in [4.78, 5) is 0. The van der Waals surface area contributed by atoms with Gasteiger partial charge < -0.3 is 0 Å². The van der Waals surface area contributed by atoms with Gasteiger partial charge in [-0.15, -0.1) is 11.6 Å². The van der Waals surface area contributed by atoms with Gasteiger partial charge in [-0.2, -0.15) is 4.31 Å². The van der Waals surface area contributed by atoms with E-state index in [1.54, 1.807) is 4.31 Å². The molecule has 2 unspecified atom stereocenters. The molecule has 0 saturated carbocycles. The highest BCUT2D eigenvalue weighted by atomic mass is 35.5. The zero-order valence-corrected chi connectivity index (χ0v) is 11.0. The van der Waals surface area contributed by atoms with Crippen LogP contribution in [0.2, 0.25) is 0 Å². The first-order chi connectivity index (χ1) is 6.97. The maximum absolute atomic E-state index is 12.0. The second kappa shape index (κ2) is 5.51. The highest BCUT2D eigenvalue weighted by Gasteiger charge is 2.31. The van der Waals surface area contributed by atoms with Crippen LogP contribution < -0.4 is 0 Å². The monoisotopic (exact) mass is 253 g/mol. The molecule has 3 nitrogen and oxygen atoms in total. The summed E-state index contributed by atoms with van der Waals surface area (Å²) in [5, 5.41) is 0. The Kier molecular flexibility index (Phi) is 4.87. The maximum Gasteiger partial charge on any atom is 0.214 e. The molecule has 1 rings (SSSR count). The number of rotatable bonds is 4. The van der Waals surface area contributed by atoms with Crippen molar-refractivity contribution in [3.05, 3.63) is 0 Å². The summed E-state index contributed by atoms with van der Waals surface area (Å²) < 4.78 is 25.6. The quantitative estimate of drug-likeness (QED) is 0.720. The van der Waals surface area contributed by atoms with Crippen molar-refractivity contribution in [1.29, 1.82) is 0 Å². The fraction of sp³-hybridized carbons (Fsp3) is 1.00. The van der Waals surface area contributed by atoms with Crippen molar-refractivity contribution in [2.75, 3.05) is 18.2 Å². The molecule has 5 heteroatoms. The van der Waals surface area contributed by atoms with Gasteiger partial charge in [0.15, 0.2) is 0 Å². The lowest BCUT2D eigenvalue weighted by molar-refractivity contribution is 0.218. The number of hydrogen-bond acceptors (Lipinski definition) is 2. The van der Waals surface area contributed by atoms with Crippen LogP contribution in [0, 0.1) is 5.92 Å². The van der Waals surface area contributed by atoms with E-state index in [0.717, 1.165) is 12.8 Å². The fourth-order valence-electron chi connectivity index (χ4n) is 1.99. The molecule has 1 aliphatic heterocycles. The molecule has 0 aromatic carbocycles. The first-order valence-corrected chi connectivity index (χ1v) is 7.67. The van der Waals surface area contributed by atoms with Gasteiger partial charge in [0.05, 0.1) is 5.75 Å². The lowest BCUT2D eigenvalue weighted by Crippen LogP contribution is -2.45. The van der Waals surface area contributed by atoms with Crippen molar-refractivity contribution >= 4 is 21.6 Å². The highest BCUT2D eigenvalue weighted by molar-refractivity contribution is 7.89. The third-order valence-corrected chi connectivity index (χ3v) is 5.25. The van der Waals surface area contributed by atoms with E-state index >= 15 is 0 Å². The lowest BCUT2D eigenvalue weighted by atomic mass is 9.97. The first kappa shape index (κ1) is 13.3. The summed E-state index contributed by atoms with van der Waals surface area (Å²) in [6.07, 6.45) is 2.64. The minimum atomic E-state index is -3.08. The lowest BCUT2D eigenvalue weighted by Gasteiger charge is -2.35. The molecule has 0 N–H and O–H groups in total. The Morgan fingerprint density at radius 2 is 2.00 bits per heavy atom. The Morgan fingerprint density at radius 3 is 2.60 bits per heavy atom. The van der Waals surface area contributed by atoms with Crippen molar-refractivity contribution < 1.29 is 8.42 Å². The van der Waals surface area contributed by atoms with E-state index in [-0.39, 0.29) is 11.8 Å². The standard InChI is InChI=1S/C10H20ClNO2S/c1-9-4-5-10(2)12(8-9)15(13,14)7-3-6-11/h9-10H,3-8H2,1-2H3. The second-order valence-electron chi connectivity index (χ2n) is 4.46. The molecule has 0 amide bonds. The maximum atomic E-state index is 12.0. The van der Waals surface area contributed by atoms with E-state index in [9.17, 15) is 8.42 Å². The topological polar surface area (TPSA) is 37.4 Å². The molecule has 0 aliphatic carbocycles. The number of alkyl halides is 1. The van der Waals surface area contributed by atoms with E-state index in [0.29, 0.717) is 24.8 Å². The van der Waals surface area contributed by atoms with E-state index < -0.39 is 10.0 Å². The molecule has 1 saturated heterocycles. The number of piperidine rings is 1. The summed E-state index contributed by atoms with van der Waals surface area (Å²) in [7, 11) is -3.08. The molecule has 0 aromatic heterocycles. The minimum Gasteiger partial charge on any atom is -0.212 e. The third kappa shape index (κ3) is 3.61. The molecule has 2 atom stereocenters. The smallest absolute Gasteiger partial charge is 0.212 e. The zero-order chi connectivity index (χ0) is 11.5. The van der Waals surface area contributed by atoms with Gasteiger partial charge in [0.1, 0.15) is 0 Å². The van der Waals surface area contributed by atoms with Crippen molar-refractivity contribution in [2.45, 2.75) is 39.2 Å². The normalized spacial score (nSPS) is 29.3. The number of sulfonamides is 1. The summed E-state index contributed by atoms with van der Waals surface area (Å²) in [6.45, 7) is 4.77. The Bertz CT molecular complexity index is 292. The van der Waals surface area contributed by atoms with Crippen molar-refractivity contribution in [3.63, 3.8) is 0 Å². The summed E-state index contributed by atoms with van der Waals surface area (Å²) in [5.74, 6) is 1.08.